The molecule has 0 spiro atoms. The fourth-order valence-corrected chi connectivity index (χ4v) is 3.23. The third kappa shape index (κ3) is 2.67. The molecule has 1 aliphatic carbocycles. The third-order valence-corrected chi connectivity index (χ3v) is 4.59. The van der Waals surface area contributed by atoms with Gasteiger partial charge in [-0.3, -0.25) is 4.98 Å². The molecule has 3 heteroatoms. The van der Waals surface area contributed by atoms with E-state index < -0.39 is 0 Å². The van der Waals surface area contributed by atoms with Crippen molar-refractivity contribution >= 4 is 26.8 Å². The van der Waals surface area contributed by atoms with Crippen molar-refractivity contribution in [2.24, 2.45) is 5.92 Å². The number of hydrogen-bond donors (Lipinski definition) is 1. The average molecular weight is 319 g/mol. The van der Waals surface area contributed by atoms with Gasteiger partial charge >= 0.3 is 0 Å². The number of rotatable bonds is 5. The lowest BCUT2D eigenvalue weighted by Gasteiger charge is -2.07. The molecular formula is C16H19BrN2. The highest BCUT2D eigenvalue weighted by atomic mass is 79.9. The van der Waals surface area contributed by atoms with E-state index in [2.05, 4.69) is 51.4 Å². The minimum absolute atomic E-state index is 0.690. The molecule has 0 saturated heterocycles. The van der Waals surface area contributed by atoms with E-state index >= 15 is 0 Å². The quantitative estimate of drug-likeness (QED) is 0.839. The van der Waals surface area contributed by atoms with E-state index in [0.717, 1.165) is 23.5 Å². The Morgan fingerprint density at radius 3 is 3.11 bits per heavy atom. The first-order valence-corrected chi connectivity index (χ1v) is 7.84. The highest BCUT2D eigenvalue weighted by Gasteiger charge is 2.38. The lowest BCUT2D eigenvalue weighted by Crippen LogP contribution is -2.17. The zero-order chi connectivity index (χ0) is 13.2. The predicted molar refractivity (Wildman–Crippen MR) is 83.5 cm³/mol. The summed E-state index contributed by atoms with van der Waals surface area (Å²) in [6.45, 7) is 4.48. The van der Waals surface area contributed by atoms with E-state index in [1.165, 1.54) is 29.3 Å². The standard InChI is InChI=1S/C16H19BrN2/c1-2-7-18-10-11-9-14(11)12-5-6-15(17)13-4-3-8-19-16(12)13/h3-6,8,11,14,18H,2,7,9-10H2,1H3. The smallest absolute Gasteiger partial charge is 0.0748 e. The first-order valence-electron chi connectivity index (χ1n) is 7.05. The van der Waals surface area contributed by atoms with E-state index in [1.54, 1.807) is 0 Å². The van der Waals surface area contributed by atoms with Crippen molar-refractivity contribution in [3.63, 3.8) is 0 Å². The number of fused-ring (bicyclic) bond motifs is 1. The Kier molecular flexibility index (Phi) is 3.85. The van der Waals surface area contributed by atoms with E-state index in [4.69, 9.17) is 0 Å². The van der Waals surface area contributed by atoms with Crippen LogP contribution in [0.1, 0.15) is 31.2 Å². The molecular weight excluding hydrogens is 300 g/mol. The van der Waals surface area contributed by atoms with Gasteiger partial charge in [0.25, 0.3) is 0 Å². The van der Waals surface area contributed by atoms with Gasteiger partial charge in [0.2, 0.25) is 0 Å². The molecule has 0 bridgehead atoms. The number of nitrogens with zero attached hydrogens (tertiary/aromatic N) is 1. The van der Waals surface area contributed by atoms with Crippen molar-refractivity contribution in [2.75, 3.05) is 13.1 Å². The Bertz CT molecular complexity index is 582. The van der Waals surface area contributed by atoms with Crippen LogP contribution in [0, 0.1) is 5.92 Å². The molecule has 1 N–H and O–H groups in total. The summed E-state index contributed by atoms with van der Waals surface area (Å²) in [6.07, 6.45) is 4.40. The molecule has 3 rings (SSSR count). The van der Waals surface area contributed by atoms with Crippen molar-refractivity contribution in [1.82, 2.24) is 10.3 Å². The summed E-state index contributed by atoms with van der Waals surface area (Å²) >= 11 is 3.61. The van der Waals surface area contributed by atoms with Crippen LogP contribution in [0.5, 0.6) is 0 Å². The summed E-state index contributed by atoms with van der Waals surface area (Å²) in [6, 6.07) is 8.55. The van der Waals surface area contributed by atoms with Crippen LogP contribution in [0.25, 0.3) is 10.9 Å². The summed E-state index contributed by atoms with van der Waals surface area (Å²) in [4.78, 5) is 4.58. The Labute approximate surface area is 122 Å². The molecule has 0 radical (unpaired) electrons. The van der Waals surface area contributed by atoms with Crippen LogP contribution in [-0.2, 0) is 0 Å². The Morgan fingerprint density at radius 1 is 1.37 bits per heavy atom. The van der Waals surface area contributed by atoms with Gasteiger partial charge in [-0.05, 0) is 55.5 Å². The van der Waals surface area contributed by atoms with Crippen molar-refractivity contribution in [1.29, 1.82) is 0 Å². The lowest BCUT2D eigenvalue weighted by atomic mass is 10.0. The number of halogens is 1. The molecule has 0 aliphatic heterocycles. The first-order chi connectivity index (χ1) is 9.31. The number of nitrogens with one attached hydrogen (secondary N) is 1. The van der Waals surface area contributed by atoms with Gasteiger partial charge in [-0.25, -0.2) is 0 Å². The average Bonchev–Trinajstić information content (AvgIpc) is 3.19. The summed E-state index contributed by atoms with van der Waals surface area (Å²) in [7, 11) is 0. The van der Waals surface area contributed by atoms with Gasteiger partial charge in [0.1, 0.15) is 0 Å². The molecule has 2 atom stereocenters. The van der Waals surface area contributed by atoms with E-state index in [9.17, 15) is 0 Å². The second-order valence-corrected chi connectivity index (χ2v) is 6.20. The van der Waals surface area contributed by atoms with E-state index in [0.29, 0.717) is 5.92 Å². The summed E-state index contributed by atoms with van der Waals surface area (Å²) in [5, 5.41) is 4.76. The molecule has 2 unspecified atom stereocenters. The molecule has 1 heterocycles. The fourth-order valence-electron chi connectivity index (χ4n) is 2.78. The number of pyridine rings is 1. The molecule has 1 aromatic carbocycles. The van der Waals surface area contributed by atoms with Crippen LogP contribution in [0.15, 0.2) is 34.9 Å². The van der Waals surface area contributed by atoms with Gasteiger partial charge in [-0.2, -0.15) is 0 Å². The van der Waals surface area contributed by atoms with Crippen LogP contribution in [0.2, 0.25) is 0 Å². The molecule has 1 saturated carbocycles. The SMILES string of the molecule is CCCNCC1CC1c1ccc(Br)c2cccnc12. The summed E-state index contributed by atoms with van der Waals surface area (Å²) < 4.78 is 1.14. The maximum Gasteiger partial charge on any atom is 0.0748 e. The monoisotopic (exact) mass is 318 g/mol. The van der Waals surface area contributed by atoms with Gasteiger partial charge in [0.05, 0.1) is 5.52 Å². The van der Waals surface area contributed by atoms with Crippen molar-refractivity contribution in [3.05, 3.63) is 40.5 Å². The minimum Gasteiger partial charge on any atom is -0.316 e. The molecule has 19 heavy (non-hydrogen) atoms. The zero-order valence-electron chi connectivity index (χ0n) is 11.2. The third-order valence-electron chi connectivity index (χ3n) is 3.90. The first kappa shape index (κ1) is 13.1. The molecule has 0 amide bonds. The highest BCUT2D eigenvalue weighted by Crippen LogP contribution is 2.49. The normalized spacial score (nSPS) is 21.8. The number of aromatic nitrogens is 1. The Hall–Kier alpha value is -0.930. The molecule has 2 nitrogen and oxygen atoms in total. The summed E-state index contributed by atoms with van der Waals surface area (Å²) in [5.74, 6) is 1.48. The van der Waals surface area contributed by atoms with Crippen LogP contribution in [0.4, 0.5) is 0 Å². The van der Waals surface area contributed by atoms with Crippen LogP contribution >= 0.6 is 15.9 Å². The highest BCUT2D eigenvalue weighted by molar-refractivity contribution is 9.10. The van der Waals surface area contributed by atoms with Crippen molar-refractivity contribution < 1.29 is 0 Å². The van der Waals surface area contributed by atoms with Gasteiger partial charge in [-0.15, -0.1) is 0 Å². The molecule has 1 aromatic heterocycles. The van der Waals surface area contributed by atoms with Gasteiger partial charge in [-0.1, -0.05) is 35.0 Å². The molecule has 1 fully saturated rings. The predicted octanol–water partition coefficient (Wildman–Crippen LogP) is 4.10. The van der Waals surface area contributed by atoms with Gasteiger partial charge in [0.15, 0.2) is 0 Å². The maximum atomic E-state index is 4.58. The van der Waals surface area contributed by atoms with Gasteiger partial charge < -0.3 is 5.32 Å². The largest absolute Gasteiger partial charge is 0.316 e. The van der Waals surface area contributed by atoms with Crippen LogP contribution < -0.4 is 5.32 Å². The maximum absolute atomic E-state index is 4.58. The second kappa shape index (κ2) is 5.59. The minimum atomic E-state index is 0.690. The van der Waals surface area contributed by atoms with E-state index in [-0.39, 0.29) is 0 Å². The van der Waals surface area contributed by atoms with Crippen molar-refractivity contribution in [3.8, 4) is 0 Å². The fraction of sp³-hybridized carbons (Fsp3) is 0.438. The topological polar surface area (TPSA) is 24.9 Å². The number of hydrogen-bond acceptors (Lipinski definition) is 2. The summed E-state index contributed by atoms with van der Waals surface area (Å²) in [5.41, 5.74) is 2.59. The Balaban J connectivity index is 1.81. The molecule has 100 valence electrons. The molecule has 2 aromatic rings. The lowest BCUT2D eigenvalue weighted by molar-refractivity contribution is 0.620. The molecule has 1 aliphatic rings. The zero-order valence-corrected chi connectivity index (χ0v) is 12.8. The van der Waals surface area contributed by atoms with E-state index in [1.807, 2.05) is 12.3 Å². The number of benzene rings is 1. The van der Waals surface area contributed by atoms with Crippen LogP contribution in [0.3, 0.4) is 0 Å². The van der Waals surface area contributed by atoms with Crippen LogP contribution in [-0.4, -0.2) is 18.1 Å². The Morgan fingerprint density at radius 2 is 2.26 bits per heavy atom. The van der Waals surface area contributed by atoms with Gasteiger partial charge in [0, 0.05) is 16.1 Å². The second-order valence-electron chi connectivity index (χ2n) is 5.34. The van der Waals surface area contributed by atoms with Crippen molar-refractivity contribution in [2.45, 2.75) is 25.7 Å².